The molecular weight excluding hydrogens is 212 g/mol. The van der Waals surface area contributed by atoms with Gasteiger partial charge in [0, 0.05) is 6.20 Å². The molecular formula is C14H12N2O. The first kappa shape index (κ1) is 9.19. The van der Waals surface area contributed by atoms with E-state index >= 15 is 0 Å². The van der Waals surface area contributed by atoms with Crippen LogP contribution in [0.5, 0.6) is 0 Å². The predicted molar refractivity (Wildman–Crippen MR) is 66.0 cm³/mol. The zero-order valence-corrected chi connectivity index (χ0v) is 9.50. The van der Waals surface area contributed by atoms with Gasteiger partial charge < -0.3 is 9.14 Å². The fourth-order valence-electron chi connectivity index (χ4n) is 2.43. The van der Waals surface area contributed by atoms with Crippen LogP contribution in [0.2, 0.25) is 0 Å². The number of rotatable bonds is 1. The summed E-state index contributed by atoms with van der Waals surface area (Å²) < 4.78 is 7.74. The summed E-state index contributed by atoms with van der Waals surface area (Å²) in [5.74, 6) is 0. The summed E-state index contributed by atoms with van der Waals surface area (Å²) >= 11 is 0. The third-order valence-electron chi connectivity index (χ3n) is 3.37. The average molecular weight is 224 g/mol. The third kappa shape index (κ3) is 1.23. The Kier molecular flexibility index (Phi) is 1.66. The lowest BCUT2D eigenvalue weighted by Gasteiger charge is -2.06. The van der Waals surface area contributed by atoms with Crippen LogP contribution in [0.1, 0.15) is 18.7 Å². The molecule has 0 N–H and O–H groups in total. The highest BCUT2D eigenvalue weighted by Crippen LogP contribution is 2.39. The molecule has 4 rings (SSSR count). The van der Waals surface area contributed by atoms with Gasteiger partial charge in [0.15, 0.2) is 0 Å². The highest BCUT2D eigenvalue weighted by molar-refractivity contribution is 5.80. The van der Waals surface area contributed by atoms with Crippen LogP contribution in [0.4, 0.5) is 0 Å². The standard InChI is InChI=1S/C14H12N2O/c1-9-14(17-9)13-12-7-4-8-16(12)11-6-3-2-5-10(11)15-13/h2-9,14H,1H3/t9-,14-/m1/s1. The molecule has 0 aliphatic carbocycles. The lowest BCUT2D eigenvalue weighted by atomic mass is 10.2. The minimum Gasteiger partial charge on any atom is -0.363 e. The largest absolute Gasteiger partial charge is 0.363 e. The molecule has 0 bridgehead atoms. The maximum Gasteiger partial charge on any atom is 0.128 e. The SMILES string of the molecule is C[C@H]1O[C@H]1c1nc2ccccc2n2cccc12. The molecule has 3 aromatic rings. The van der Waals surface area contributed by atoms with E-state index in [0.29, 0.717) is 6.10 Å². The topological polar surface area (TPSA) is 29.8 Å². The quantitative estimate of drug-likeness (QED) is 0.595. The molecule has 1 saturated heterocycles. The fraction of sp³-hybridized carbons (Fsp3) is 0.214. The summed E-state index contributed by atoms with van der Waals surface area (Å²) in [5.41, 5.74) is 4.37. The molecule has 0 saturated carbocycles. The van der Waals surface area contributed by atoms with Crippen molar-refractivity contribution < 1.29 is 4.74 Å². The third-order valence-corrected chi connectivity index (χ3v) is 3.37. The minimum absolute atomic E-state index is 0.164. The van der Waals surface area contributed by atoms with Gasteiger partial charge in [-0.1, -0.05) is 12.1 Å². The van der Waals surface area contributed by atoms with Gasteiger partial charge in [-0.05, 0) is 31.2 Å². The Morgan fingerprint density at radius 1 is 1.12 bits per heavy atom. The highest BCUT2D eigenvalue weighted by atomic mass is 16.6. The summed E-state index contributed by atoms with van der Waals surface area (Å²) in [6.45, 7) is 2.08. The van der Waals surface area contributed by atoms with Crippen LogP contribution in [-0.4, -0.2) is 15.5 Å². The summed E-state index contributed by atoms with van der Waals surface area (Å²) in [7, 11) is 0. The number of para-hydroxylation sites is 2. The highest BCUT2D eigenvalue weighted by Gasteiger charge is 2.38. The molecule has 1 aromatic carbocycles. The van der Waals surface area contributed by atoms with Crippen LogP contribution in [0, 0.1) is 0 Å². The van der Waals surface area contributed by atoms with E-state index in [1.165, 1.54) is 0 Å². The molecule has 0 unspecified atom stereocenters. The van der Waals surface area contributed by atoms with Crippen LogP contribution in [-0.2, 0) is 4.74 Å². The minimum atomic E-state index is 0.164. The molecule has 2 atom stereocenters. The van der Waals surface area contributed by atoms with Gasteiger partial charge in [0.05, 0.1) is 28.3 Å². The fourth-order valence-corrected chi connectivity index (χ4v) is 2.43. The van der Waals surface area contributed by atoms with Gasteiger partial charge in [-0.3, -0.25) is 0 Å². The van der Waals surface area contributed by atoms with Crippen LogP contribution in [0.25, 0.3) is 16.6 Å². The van der Waals surface area contributed by atoms with E-state index < -0.39 is 0 Å². The van der Waals surface area contributed by atoms with Crippen molar-refractivity contribution in [2.45, 2.75) is 19.1 Å². The molecule has 3 heteroatoms. The first-order valence-electron chi connectivity index (χ1n) is 5.86. The second-order valence-corrected chi connectivity index (χ2v) is 4.51. The van der Waals surface area contributed by atoms with Crippen molar-refractivity contribution in [2.24, 2.45) is 0 Å². The van der Waals surface area contributed by atoms with E-state index in [9.17, 15) is 0 Å². The first-order chi connectivity index (χ1) is 8.34. The summed E-state index contributed by atoms with van der Waals surface area (Å²) in [6, 6.07) is 12.4. The monoisotopic (exact) mass is 224 g/mol. The average Bonchev–Trinajstić information content (AvgIpc) is 2.90. The van der Waals surface area contributed by atoms with Crippen molar-refractivity contribution in [1.82, 2.24) is 9.38 Å². The molecule has 1 aliphatic heterocycles. The number of fused-ring (bicyclic) bond motifs is 3. The molecule has 1 aliphatic rings. The van der Waals surface area contributed by atoms with Gasteiger partial charge >= 0.3 is 0 Å². The zero-order chi connectivity index (χ0) is 11.4. The Balaban J connectivity index is 2.13. The summed E-state index contributed by atoms with van der Waals surface area (Å²) in [4.78, 5) is 4.74. The number of hydrogen-bond donors (Lipinski definition) is 0. The Hall–Kier alpha value is -1.87. The van der Waals surface area contributed by atoms with Crippen molar-refractivity contribution in [3.05, 3.63) is 48.3 Å². The second-order valence-electron chi connectivity index (χ2n) is 4.51. The van der Waals surface area contributed by atoms with Crippen LogP contribution < -0.4 is 0 Å². The molecule has 3 nitrogen and oxygen atoms in total. The normalized spacial score (nSPS) is 23.4. The van der Waals surface area contributed by atoms with Crippen LogP contribution >= 0.6 is 0 Å². The number of aromatic nitrogens is 2. The van der Waals surface area contributed by atoms with Crippen molar-refractivity contribution in [2.75, 3.05) is 0 Å². The van der Waals surface area contributed by atoms with E-state index in [4.69, 9.17) is 9.72 Å². The summed E-state index contributed by atoms with van der Waals surface area (Å²) in [6.07, 6.45) is 2.54. The Morgan fingerprint density at radius 3 is 2.71 bits per heavy atom. The number of nitrogens with zero attached hydrogens (tertiary/aromatic N) is 2. The number of benzene rings is 1. The Bertz CT molecular complexity index is 716. The second kappa shape index (κ2) is 3.08. The Morgan fingerprint density at radius 2 is 1.88 bits per heavy atom. The van der Waals surface area contributed by atoms with Crippen molar-refractivity contribution in [3.8, 4) is 0 Å². The number of epoxide rings is 1. The van der Waals surface area contributed by atoms with E-state index in [1.807, 2.05) is 18.2 Å². The maximum atomic E-state index is 5.55. The first-order valence-corrected chi connectivity index (χ1v) is 5.86. The van der Waals surface area contributed by atoms with Crippen molar-refractivity contribution >= 4 is 16.6 Å². The predicted octanol–water partition coefficient (Wildman–Crippen LogP) is 2.95. The molecule has 0 spiro atoms. The van der Waals surface area contributed by atoms with Gasteiger partial charge in [0.25, 0.3) is 0 Å². The van der Waals surface area contributed by atoms with Gasteiger partial charge in [-0.2, -0.15) is 0 Å². The van der Waals surface area contributed by atoms with Crippen molar-refractivity contribution in [3.63, 3.8) is 0 Å². The number of hydrogen-bond acceptors (Lipinski definition) is 2. The maximum absolute atomic E-state index is 5.55. The van der Waals surface area contributed by atoms with Gasteiger partial charge in [0.2, 0.25) is 0 Å². The van der Waals surface area contributed by atoms with Gasteiger partial charge in [-0.15, -0.1) is 0 Å². The molecule has 84 valence electrons. The molecule has 1 fully saturated rings. The lowest BCUT2D eigenvalue weighted by molar-refractivity contribution is 0.381. The molecule has 3 heterocycles. The van der Waals surface area contributed by atoms with E-state index in [1.54, 1.807) is 0 Å². The van der Waals surface area contributed by atoms with E-state index in [0.717, 1.165) is 22.2 Å². The van der Waals surface area contributed by atoms with Crippen LogP contribution in [0.3, 0.4) is 0 Å². The Labute approximate surface area is 98.7 Å². The van der Waals surface area contributed by atoms with E-state index in [2.05, 4.69) is 35.7 Å². The molecule has 2 aromatic heterocycles. The smallest absolute Gasteiger partial charge is 0.128 e. The number of ether oxygens (including phenoxy) is 1. The zero-order valence-electron chi connectivity index (χ0n) is 9.50. The summed E-state index contributed by atoms with van der Waals surface area (Å²) in [5, 5.41) is 0. The van der Waals surface area contributed by atoms with Crippen LogP contribution in [0.15, 0.2) is 42.6 Å². The molecule has 17 heavy (non-hydrogen) atoms. The van der Waals surface area contributed by atoms with Gasteiger partial charge in [-0.25, -0.2) is 4.98 Å². The lowest BCUT2D eigenvalue weighted by Crippen LogP contribution is -1.97. The van der Waals surface area contributed by atoms with Crippen molar-refractivity contribution in [1.29, 1.82) is 0 Å². The van der Waals surface area contributed by atoms with E-state index in [-0.39, 0.29) is 6.10 Å². The molecule has 0 radical (unpaired) electrons. The van der Waals surface area contributed by atoms with Gasteiger partial charge in [0.1, 0.15) is 6.10 Å². The molecule has 0 amide bonds.